The van der Waals surface area contributed by atoms with Crippen LogP contribution in [0.1, 0.15) is 6.92 Å². The summed E-state index contributed by atoms with van der Waals surface area (Å²) < 4.78 is 4.05. The van der Waals surface area contributed by atoms with E-state index in [1.807, 2.05) is 47.0 Å². The van der Waals surface area contributed by atoms with Crippen LogP contribution in [0.3, 0.4) is 0 Å². The average molecular weight is 339 g/mol. The van der Waals surface area contributed by atoms with E-state index in [2.05, 4.69) is 52.2 Å². The first-order chi connectivity index (χ1) is 12.8. The highest BCUT2D eigenvalue weighted by molar-refractivity contribution is 5.85. The van der Waals surface area contributed by atoms with Crippen LogP contribution in [0.5, 0.6) is 0 Å². The van der Waals surface area contributed by atoms with E-state index in [-0.39, 0.29) is 0 Å². The minimum Gasteiger partial charge on any atom is -0.348 e. The van der Waals surface area contributed by atoms with Gasteiger partial charge in [0.05, 0.1) is 5.69 Å². The molecule has 0 amide bonds. The van der Waals surface area contributed by atoms with E-state index in [4.69, 9.17) is 5.10 Å². The van der Waals surface area contributed by atoms with Crippen molar-refractivity contribution in [3.63, 3.8) is 0 Å². The summed E-state index contributed by atoms with van der Waals surface area (Å²) in [5.41, 5.74) is 4.97. The maximum atomic E-state index is 4.80. The number of aryl methyl sites for hydroxylation is 1. The van der Waals surface area contributed by atoms with E-state index in [0.29, 0.717) is 0 Å². The molecule has 5 heteroatoms. The molecule has 5 rings (SSSR count). The van der Waals surface area contributed by atoms with Gasteiger partial charge in [0, 0.05) is 34.8 Å². The number of hydrogen-bond donors (Lipinski definition) is 0. The van der Waals surface area contributed by atoms with Crippen LogP contribution in [0, 0.1) is 0 Å². The van der Waals surface area contributed by atoms with Gasteiger partial charge in [-0.3, -0.25) is 0 Å². The molecule has 0 atom stereocenters. The van der Waals surface area contributed by atoms with E-state index < -0.39 is 0 Å². The van der Waals surface area contributed by atoms with Crippen molar-refractivity contribution in [3.05, 3.63) is 72.9 Å². The van der Waals surface area contributed by atoms with Gasteiger partial charge in [-0.15, -0.1) is 10.2 Å². The second-order valence-corrected chi connectivity index (χ2v) is 6.25. The molecule has 2 aromatic carbocycles. The van der Waals surface area contributed by atoms with Crippen molar-refractivity contribution in [2.45, 2.75) is 13.5 Å². The van der Waals surface area contributed by atoms with Gasteiger partial charge in [0.2, 0.25) is 0 Å². The van der Waals surface area contributed by atoms with Crippen molar-refractivity contribution in [3.8, 4) is 22.6 Å². The third-order valence-electron chi connectivity index (χ3n) is 4.70. The van der Waals surface area contributed by atoms with Gasteiger partial charge in [0.15, 0.2) is 11.5 Å². The number of rotatable bonds is 3. The lowest BCUT2D eigenvalue weighted by Gasteiger charge is -2.05. The van der Waals surface area contributed by atoms with E-state index in [0.717, 1.165) is 34.8 Å². The fraction of sp³-hybridized carbons (Fsp3) is 0.0952. The molecule has 0 spiro atoms. The summed E-state index contributed by atoms with van der Waals surface area (Å²) >= 11 is 0. The van der Waals surface area contributed by atoms with Gasteiger partial charge in [-0.05, 0) is 37.3 Å². The predicted octanol–water partition coefficient (Wildman–Crippen LogP) is 4.43. The zero-order valence-electron chi connectivity index (χ0n) is 14.4. The first-order valence-corrected chi connectivity index (χ1v) is 8.70. The fourth-order valence-electron chi connectivity index (χ4n) is 3.35. The van der Waals surface area contributed by atoms with Gasteiger partial charge in [0.25, 0.3) is 0 Å². The molecule has 0 saturated heterocycles. The van der Waals surface area contributed by atoms with Gasteiger partial charge in [-0.25, -0.2) is 0 Å². The molecule has 0 fully saturated rings. The Morgan fingerprint density at radius 3 is 2.58 bits per heavy atom. The quantitative estimate of drug-likeness (QED) is 0.488. The second kappa shape index (κ2) is 5.81. The molecule has 0 unspecified atom stereocenters. The average Bonchev–Trinajstić information content (AvgIpc) is 3.31. The van der Waals surface area contributed by atoms with Gasteiger partial charge in [-0.1, -0.05) is 36.4 Å². The summed E-state index contributed by atoms with van der Waals surface area (Å²) in [5, 5.41) is 14.6. The molecule has 0 aliphatic carbocycles. The SMILES string of the molecule is CCn1ccc2cc(-c3ccc4nnc(-c5ccccc5)n4n3)ccc21. The van der Waals surface area contributed by atoms with Crippen molar-refractivity contribution in [2.24, 2.45) is 0 Å². The molecular weight excluding hydrogens is 322 g/mol. The van der Waals surface area contributed by atoms with Crippen molar-refractivity contribution in [1.82, 2.24) is 24.4 Å². The molecular formula is C21H17N5. The topological polar surface area (TPSA) is 48.0 Å². The van der Waals surface area contributed by atoms with E-state index >= 15 is 0 Å². The van der Waals surface area contributed by atoms with Crippen LogP contribution in [-0.4, -0.2) is 24.4 Å². The highest BCUT2D eigenvalue weighted by Crippen LogP contribution is 2.25. The molecule has 26 heavy (non-hydrogen) atoms. The number of benzene rings is 2. The summed E-state index contributed by atoms with van der Waals surface area (Å²) in [7, 11) is 0. The van der Waals surface area contributed by atoms with Crippen molar-refractivity contribution in [1.29, 1.82) is 0 Å². The summed E-state index contributed by atoms with van der Waals surface area (Å²) in [6, 6.07) is 22.6. The Hall–Kier alpha value is -3.47. The Labute approximate surface area is 150 Å². The van der Waals surface area contributed by atoms with Gasteiger partial charge in [0.1, 0.15) is 0 Å². The van der Waals surface area contributed by atoms with Crippen LogP contribution in [0.25, 0.3) is 39.2 Å². The Bertz CT molecular complexity index is 1220. The Balaban J connectivity index is 1.65. The normalized spacial score (nSPS) is 11.4. The summed E-state index contributed by atoms with van der Waals surface area (Å²) in [4.78, 5) is 0. The predicted molar refractivity (Wildman–Crippen MR) is 103 cm³/mol. The first-order valence-electron chi connectivity index (χ1n) is 8.70. The zero-order chi connectivity index (χ0) is 17.5. The van der Waals surface area contributed by atoms with Crippen LogP contribution < -0.4 is 0 Å². The number of aromatic nitrogens is 5. The van der Waals surface area contributed by atoms with E-state index in [1.165, 1.54) is 10.9 Å². The minimum absolute atomic E-state index is 0.741. The lowest BCUT2D eigenvalue weighted by atomic mass is 10.1. The molecule has 0 aliphatic rings. The number of hydrogen-bond acceptors (Lipinski definition) is 3. The lowest BCUT2D eigenvalue weighted by molar-refractivity contribution is 0.798. The van der Waals surface area contributed by atoms with E-state index in [1.54, 1.807) is 0 Å². The molecule has 0 saturated carbocycles. The van der Waals surface area contributed by atoms with Crippen LogP contribution in [0.4, 0.5) is 0 Å². The molecule has 0 radical (unpaired) electrons. The molecule has 0 N–H and O–H groups in total. The number of nitrogens with zero attached hydrogens (tertiary/aromatic N) is 5. The smallest absolute Gasteiger partial charge is 0.185 e. The maximum Gasteiger partial charge on any atom is 0.185 e. The van der Waals surface area contributed by atoms with Gasteiger partial charge >= 0.3 is 0 Å². The third-order valence-corrected chi connectivity index (χ3v) is 4.70. The molecule has 126 valence electrons. The fourth-order valence-corrected chi connectivity index (χ4v) is 3.35. The molecule has 0 aliphatic heterocycles. The summed E-state index contributed by atoms with van der Waals surface area (Å²) in [6.07, 6.45) is 2.12. The van der Waals surface area contributed by atoms with Gasteiger partial charge in [-0.2, -0.15) is 9.61 Å². The second-order valence-electron chi connectivity index (χ2n) is 6.25. The highest BCUT2D eigenvalue weighted by atomic mass is 15.4. The van der Waals surface area contributed by atoms with Crippen molar-refractivity contribution in [2.75, 3.05) is 0 Å². The summed E-state index contributed by atoms with van der Waals surface area (Å²) in [6.45, 7) is 3.12. The van der Waals surface area contributed by atoms with Crippen molar-refractivity contribution >= 4 is 16.6 Å². The zero-order valence-corrected chi connectivity index (χ0v) is 14.4. The Kier molecular flexibility index (Phi) is 3.31. The van der Waals surface area contributed by atoms with Gasteiger partial charge < -0.3 is 4.57 Å². The number of fused-ring (bicyclic) bond motifs is 2. The van der Waals surface area contributed by atoms with Crippen LogP contribution >= 0.6 is 0 Å². The third kappa shape index (κ3) is 2.29. The monoisotopic (exact) mass is 339 g/mol. The highest BCUT2D eigenvalue weighted by Gasteiger charge is 2.11. The Morgan fingerprint density at radius 1 is 0.846 bits per heavy atom. The van der Waals surface area contributed by atoms with E-state index in [9.17, 15) is 0 Å². The minimum atomic E-state index is 0.741. The largest absolute Gasteiger partial charge is 0.348 e. The Morgan fingerprint density at radius 2 is 1.73 bits per heavy atom. The van der Waals surface area contributed by atoms with Crippen molar-refractivity contribution < 1.29 is 0 Å². The van der Waals surface area contributed by atoms with Crippen LogP contribution in [0.15, 0.2) is 72.9 Å². The molecule has 3 aromatic heterocycles. The van der Waals surface area contributed by atoms with Crippen LogP contribution in [0.2, 0.25) is 0 Å². The first kappa shape index (κ1) is 14.8. The molecule has 3 heterocycles. The molecule has 5 aromatic rings. The summed E-state index contributed by atoms with van der Waals surface area (Å²) in [5.74, 6) is 0.751. The maximum absolute atomic E-state index is 4.80. The lowest BCUT2D eigenvalue weighted by Crippen LogP contribution is -1.97. The molecule has 5 nitrogen and oxygen atoms in total. The van der Waals surface area contributed by atoms with Crippen LogP contribution in [-0.2, 0) is 6.54 Å². The standard InChI is InChI=1S/C21H17N5/c1-2-25-13-12-17-14-16(8-10-19(17)25)18-9-11-20-22-23-21(26(20)24-18)15-6-4-3-5-7-15/h3-14H,2H2,1H3. The molecule has 0 bridgehead atoms.